The number of fused-ring (bicyclic) bond motifs is 1. The van der Waals surface area contributed by atoms with E-state index in [1.165, 1.54) is 0 Å². The Balaban J connectivity index is 1.61. The molecular formula is C18H19NO4. The Morgan fingerprint density at radius 3 is 2.61 bits per heavy atom. The van der Waals surface area contributed by atoms with Crippen LogP contribution in [0.1, 0.15) is 19.8 Å². The van der Waals surface area contributed by atoms with E-state index in [9.17, 15) is 9.59 Å². The van der Waals surface area contributed by atoms with E-state index in [0.717, 1.165) is 10.8 Å². The van der Waals surface area contributed by atoms with Gasteiger partial charge in [0.05, 0.1) is 5.92 Å². The van der Waals surface area contributed by atoms with Crippen LogP contribution in [0.3, 0.4) is 0 Å². The van der Waals surface area contributed by atoms with Crippen molar-refractivity contribution in [3.8, 4) is 5.75 Å². The van der Waals surface area contributed by atoms with Crippen LogP contribution in [0.25, 0.3) is 10.8 Å². The molecule has 0 heterocycles. The molecule has 2 aromatic carbocycles. The average Bonchev–Trinajstić information content (AvgIpc) is 2.50. The summed E-state index contributed by atoms with van der Waals surface area (Å²) < 4.78 is 5.80. The third-order valence-corrected chi connectivity index (χ3v) is 4.26. The molecule has 0 radical (unpaired) electrons. The highest BCUT2D eigenvalue weighted by atomic mass is 16.5. The lowest BCUT2D eigenvalue weighted by molar-refractivity contribution is -0.146. The van der Waals surface area contributed by atoms with Gasteiger partial charge in [0.1, 0.15) is 5.75 Å². The lowest BCUT2D eigenvalue weighted by Crippen LogP contribution is -2.50. The molecule has 1 unspecified atom stereocenters. The van der Waals surface area contributed by atoms with Crippen LogP contribution in [0.5, 0.6) is 5.75 Å². The number of hydrogen-bond acceptors (Lipinski definition) is 3. The Morgan fingerprint density at radius 2 is 1.87 bits per heavy atom. The molecular weight excluding hydrogens is 294 g/mol. The summed E-state index contributed by atoms with van der Waals surface area (Å²) in [7, 11) is 0. The number of carbonyl (C=O) groups excluding carboxylic acids is 1. The van der Waals surface area contributed by atoms with Gasteiger partial charge in [-0.15, -0.1) is 0 Å². The van der Waals surface area contributed by atoms with Gasteiger partial charge in [0.25, 0.3) is 5.91 Å². The molecule has 5 nitrogen and oxygen atoms in total. The van der Waals surface area contributed by atoms with Crippen LogP contribution in [0, 0.1) is 5.92 Å². The summed E-state index contributed by atoms with van der Waals surface area (Å²) >= 11 is 0. The maximum absolute atomic E-state index is 12.2. The Hall–Kier alpha value is -2.56. The number of aliphatic carboxylic acids is 1. The molecule has 0 aromatic heterocycles. The number of carbonyl (C=O) groups is 2. The molecule has 2 aromatic rings. The maximum atomic E-state index is 12.2. The number of nitrogens with one attached hydrogen (secondary N) is 1. The van der Waals surface area contributed by atoms with E-state index in [0.29, 0.717) is 18.6 Å². The van der Waals surface area contributed by atoms with Gasteiger partial charge in [-0.05, 0) is 31.2 Å². The predicted molar refractivity (Wildman–Crippen MR) is 86.3 cm³/mol. The first-order chi connectivity index (χ1) is 11.0. The highest BCUT2D eigenvalue weighted by Crippen LogP contribution is 2.28. The van der Waals surface area contributed by atoms with E-state index in [4.69, 9.17) is 9.84 Å². The second-order valence-corrected chi connectivity index (χ2v) is 5.95. The minimum absolute atomic E-state index is 0.0674. The largest absolute Gasteiger partial charge is 0.481 e. The smallest absolute Gasteiger partial charge is 0.306 e. The van der Waals surface area contributed by atoms with Gasteiger partial charge in [0.2, 0.25) is 0 Å². The van der Waals surface area contributed by atoms with Gasteiger partial charge in [-0.1, -0.05) is 36.4 Å². The van der Waals surface area contributed by atoms with Crippen LogP contribution >= 0.6 is 0 Å². The van der Waals surface area contributed by atoms with E-state index in [1.54, 1.807) is 6.92 Å². The zero-order chi connectivity index (χ0) is 16.4. The van der Waals surface area contributed by atoms with Gasteiger partial charge in [0.15, 0.2) is 6.10 Å². The third kappa shape index (κ3) is 3.28. The fourth-order valence-corrected chi connectivity index (χ4v) is 2.80. The molecule has 1 saturated carbocycles. The zero-order valence-corrected chi connectivity index (χ0v) is 12.9. The van der Waals surface area contributed by atoms with Crippen LogP contribution in [-0.2, 0) is 9.59 Å². The molecule has 1 aliphatic carbocycles. The number of ether oxygens (including phenoxy) is 1. The molecule has 1 aliphatic rings. The van der Waals surface area contributed by atoms with E-state index in [1.807, 2.05) is 42.5 Å². The van der Waals surface area contributed by atoms with Crippen molar-refractivity contribution in [2.24, 2.45) is 5.92 Å². The predicted octanol–water partition coefficient (Wildman–Crippen LogP) is 2.59. The summed E-state index contributed by atoms with van der Waals surface area (Å²) in [5, 5.41) is 13.7. The van der Waals surface area contributed by atoms with Gasteiger partial charge < -0.3 is 15.2 Å². The molecule has 0 aliphatic heterocycles. The van der Waals surface area contributed by atoms with Gasteiger partial charge in [-0.25, -0.2) is 0 Å². The summed E-state index contributed by atoms with van der Waals surface area (Å²) in [6, 6.07) is 13.5. The van der Waals surface area contributed by atoms with Gasteiger partial charge >= 0.3 is 5.97 Å². The highest BCUT2D eigenvalue weighted by molar-refractivity contribution is 5.89. The molecule has 23 heavy (non-hydrogen) atoms. The van der Waals surface area contributed by atoms with Crippen molar-refractivity contribution in [2.75, 3.05) is 0 Å². The first kappa shape index (κ1) is 15.3. The van der Waals surface area contributed by atoms with Crippen molar-refractivity contribution in [3.05, 3.63) is 42.5 Å². The van der Waals surface area contributed by atoms with Gasteiger partial charge in [0, 0.05) is 11.4 Å². The van der Waals surface area contributed by atoms with Crippen LogP contribution in [0.2, 0.25) is 0 Å². The van der Waals surface area contributed by atoms with E-state index in [2.05, 4.69) is 5.32 Å². The summed E-state index contributed by atoms with van der Waals surface area (Å²) in [6.45, 7) is 1.70. The van der Waals surface area contributed by atoms with Crippen molar-refractivity contribution < 1.29 is 19.4 Å². The minimum atomic E-state index is -0.796. The molecule has 0 bridgehead atoms. The molecule has 1 atom stereocenters. The number of rotatable bonds is 5. The standard InChI is InChI=1S/C18H19NO4/c1-11(17(20)19-14-9-13(10-14)18(21)22)23-16-8-4-6-12-5-2-3-7-15(12)16/h2-8,11,13-14H,9-10H2,1H3,(H,19,20)(H,21,22). The van der Waals surface area contributed by atoms with Crippen LogP contribution in [-0.4, -0.2) is 29.1 Å². The first-order valence-corrected chi connectivity index (χ1v) is 7.72. The fraction of sp³-hybridized carbons (Fsp3) is 0.333. The molecule has 2 N–H and O–H groups in total. The molecule has 0 spiro atoms. The molecule has 3 rings (SSSR count). The Bertz CT molecular complexity index is 731. The number of hydrogen-bond donors (Lipinski definition) is 2. The molecule has 1 amide bonds. The third-order valence-electron chi connectivity index (χ3n) is 4.26. The number of carboxylic acid groups (broad SMARTS) is 1. The van der Waals surface area contributed by atoms with Crippen LogP contribution in [0.15, 0.2) is 42.5 Å². The van der Waals surface area contributed by atoms with Crippen molar-refractivity contribution in [1.82, 2.24) is 5.32 Å². The molecule has 1 fully saturated rings. The quantitative estimate of drug-likeness (QED) is 0.889. The zero-order valence-electron chi connectivity index (χ0n) is 12.9. The van der Waals surface area contributed by atoms with E-state index < -0.39 is 12.1 Å². The van der Waals surface area contributed by atoms with E-state index in [-0.39, 0.29) is 17.9 Å². The van der Waals surface area contributed by atoms with Gasteiger partial charge in [-0.3, -0.25) is 9.59 Å². The second kappa shape index (κ2) is 6.28. The summed E-state index contributed by atoms with van der Waals surface area (Å²) in [6.07, 6.45) is 0.342. The van der Waals surface area contributed by atoms with Crippen molar-refractivity contribution in [1.29, 1.82) is 0 Å². The lowest BCUT2D eigenvalue weighted by atomic mass is 9.80. The second-order valence-electron chi connectivity index (χ2n) is 5.95. The topological polar surface area (TPSA) is 75.6 Å². The summed E-state index contributed by atoms with van der Waals surface area (Å²) in [4.78, 5) is 23.0. The summed E-state index contributed by atoms with van der Waals surface area (Å²) in [5.41, 5.74) is 0. The van der Waals surface area contributed by atoms with Gasteiger partial charge in [-0.2, -0.15) is 0 Å². The van der Waals surface area contributed by atoms with E-state index >= 15 is 0 Å². The monoisotopic (exact) mass is 313 g/mol. The average molecular weight is 313 g/mol. The highest BCUT2D eigenvalue weighted by Gasteiger charge is 2.36. The fourth-order valence-electron chi connectivity index (χ4n) is 2.80. The number of amides is 1. The Morgan fingerprint density at radius 1 is 1.17 bits per heavy atom. The number of benzene rings is 2. The normalized spacial score (nSPS) is 21.3. The lowest BCUT2D eigenvalue weighted by Gasteiger charge is -2.33. The SMILES string of the molecule is CC(Oc1cccc2ccccc12)C(=O)NC1CC(C(=O)O)C1. The molecule has 0 saturated heterocycles. The van der Waals surface area contributed by atoms with Crippen LogP contribution < -0.4 is 10.1 Å². The number of carboxylic acids is 1. The Kier molecular flexibility index (Phi) is 4.19. The summed E-state index contributed by atoms with van der Waals surface area (Å²) in [5.74, 6) is -0.681. The Labute approximate surface area is 134 Å². The van der Waals surface area contributed by atoms with Crippen molar-refractivity contribution >= 4 is 22.6 Å². The first-order valence-electron chi connectivity index (χ1n) is 7.72. The van der Waals surface area contributed by atoms with Crippen molar-refractivity contribution in [2.45, 2.75) is 31.9 Å². The molecule has 5 heteroatoms. The maximum Gasteiger partial charge on any atom is 0.306 e. The van der Waals surface area contributed by atoms with Crippen molar-refractivity contribution in [3.63, 3.8) is 0 Å². The minimum Gasteiger partial charge on any atom is -0.481 e. The molecule has 120 valence electrons. The van der Waals surface area contributed by atoms with Crippen LogP contribution in [0.4, 0.5) is 0 Å².